The summed E-state index contributed by atoms with van der Waals surface area (Å²) in [7, 11) is 1.63. The predicted octanol–water partition coefficient (Wildman–Crippen LogP) is 0.203. The van der Waals surface area contributed by atoms with E-state index in [-0.39, 0.29) is 12.1 Å². The van der Waals surface area contributed by atoms with E-state index < -0.39 is 0 Å². The van der Waals surface area contributed by atoms with Crippen molar-refractivity contribution in [3.8, 4) is 0 Å². The molecule has 0 radical (unpaired) electrons. The van der Waals surface area contributed by atoms with Crippen molar-refractivity contribution in [2.45, 2.75) is 19.1 Å². The highest BCUT2D eigenvalue weighted by Crippen LogP contribution is 2.21. The summed E-state index contributed by atoms with van der Waals surface area (Å²) < 4.78 is 5.19. The molecule has 0 aromatic carbocycles. The average molecular weight is 196 g/mol. The molecule has 5 heteroatoms. The first kappa shape index (κ1) is 10.9. The molecule has 14 heavy (non-hydrogen) atoms. The van der Waals surface area contributed by atoms with Crippen LogP contribution in [0, 0.1) is 0 Å². The predicted molar refractivity (Wildman–Crippen MR) is 55.2 cm³/mol. The van der Waals surface area contributed by atoms with Gasteiger partial charge in [-0.2, -0.15) is 0 Å². The second-order valence-corrected chi connectivity index (χ2v) is 3.06. The van der Waals surface area contributed by atoms with Crippen LogP contribution in [0.15, 0.2) is 18.3 Å². The van der Waals surface area contributed by atoms with Gasteiger partial charge in [-0.25, -0.2) is 4.98 Å². The van der Waals surface area contributed by atoms with Crippen molar-refractivity contribution in [1.82, 2.24) is 10.4 Å². The van der Waals surface area contributed by atoms with Gasteiger partial charge in [0.15, 0.2) is 0 Å². The minimum atomic E-state index is -0.145. The number of hydrogen-bond acceptors (Lipinski definition) is 5. The summed E-state index contributed by atoms with van der Waals surface area (Å²) in [5.41, 5.74) is 9.24. The number of nitrogen functional groups attached to an aromatic ring is 1. The monoisotopic (exact) mass is 196 g/mol. The van der Waals surface area contributed by atoms with Gasteiger partial charge in [-0.1, -0.05) is 6.07 Å². The summed E-state index contributed by atoms with van der Waals surface area (Å²) in [6, 6.07) is 3.55. The number of pyridine rings is 1. The van der Waals surface area contributed by atoms with Gasteiger partial charge in [-0.15, -0.1) is 0 Å². The van der Waals surface area contributed by atoms with E-state index in [0.29, 0.717) is 5.82 Å². The molecular formula is C9H16N4O. The SMILES string of the molecule is COC(C)C(NN)c1cccnc1N. The van der Waals surface area contributed by atoms with Crippen molar-refractivity contribution < 1.29 is 4.74 Å². The zero-order valence-electron chi connectivity index (χ0n) is 8.40. The summed E-state index contributed by atoms with van der Waals surface area (Å²) in [5, 5.41) is 0. The summed E-state index contributed by atoms with van der Waals surface area (Å²) in [6.07, 6.45) is 1.58. The van der Waals surface area contributed by atoms with Gasteiger partial charge >= 0.3 is 0 Å². The van der Waals surface area contributed by atoms with Crippen LogP contribution in [0.2, 0.25) is 0 Å². The minimum Gasteiger partial charge on any atom is -0.383 e. The van der Waals surface area contributed by atoms with Crippen molar-refractivity contribution in [2.75, 3.05) is 12.8 Å². The van der Waals surface area contributed by atoms with Crippen LogP contribution in [0.4, 0.5) is 5.82 Å². The summed E-state index contributed by atoms with van der Waals surface area (Å²) in [5.74, 6) is 5.91. The van der Waals surface area contributed by atoms with Crippen molar-refractivity contribution in [3.63, 3.8) is 0 Å². The van der Waals surface area contributed by atoms with Crippen LogP contribution in [0.5, 0.6) is 0 Å². The fourth-order valence-corrected chi connectivity index (χ4v) is 1.31. The lowest BCUT2D eigenvalue weighted by Gasteiger charge is -2.22. The molecule has 5 nitrogen and oxygen atoms in total. The molecule has 0 aliphatic rings. The molecule has 1 rings (SSSR count). The highest BCUT2D eigenvalue weighted by Gasteiger charge is 2.19. The van der Waals surface area contributed by atoms with Crippen LogP contribution in [-0.2, 0) is 4.74 Å². The number of nitrogens with two attached hydrogens (primary N) is 2. The number of rotatable bonds is 4. The van der Waals surface area contributed by atoms with Crippen LogP contribution >= 0.6 is 0 Å². The largest absolute Gasteiger partial charge is 0.383 e. The molecule has 0 bridgehead atoms. The molecule has 1 heterocycles. The molecule has 0 saturated heterocycles. The van der Waals surface area contributed by atoms with E-state index in [1.165, 1.54) is 0 Å². The van der Waals surface area contributed by atoms with Crippen molar-refractivity contribution >= 4 is 5.82 Å². The second-order valence-electron chi connectivity index (χ2n) is 3.06. The standard InChI is InChI=1S/C9H16N4O/c1-6(14-2)8(13-11)7-4-3-5-12-9(7)10/h3-6,8,13H,11H2,1-2H3,(H2,10,12). The van der Waals surface area contributed by atoms with E-state index in [4.69, 9.17) is 16.3 Å². The van der Waals surface area contributed by atoms with Gasteiger partial charge in [0.05, 0.1) is 12.1 Å². The molecule has 1 aromatic heterocycles. The molecule has 0 aliphatic heterocycles. The third kappa shape index (κ3) is 2.20. The Morgan fingerprint density at radius 2 is 2.29 bits per heavy atom. The lowest BCUT2D eigenvalue weighted by Crippen LogP contribution is -2.36. The van der Waals surface area contributed by atoms with E-state index >= 15 is 0 Å². The second kappa shape index (κ2) is 4.90. The van der Waals surface area contributed by atoms with E-state index in [1.54, 1.807) is 13.3 Å². The zero-order chi connectivity index (χ0) is 10.6. The molecule has 0 spiro atoms. The molecule has 0 aliphatic carbocycles. The maximum Gasteiger partial charge on any atom is 0.128 e. The third-order valence-corrected chi connectivity index (χ3v) is 2.23. The molecule has 1 aromatic rings. The normalized spacial score (nSPS) is 15.1. The Labute approximate surface area is 83.4 Å². The van der Waals surface area contributed by atoms with Gasteiger partial charge in [0.2, 0.25) is 0 Å². The number of aromatic nitrogens is 1. The lowest BCUT2D eigenvalue weighted by molar-refractivity contribution is 0.0832. The summed E-state index contributed by atoms with van der Waals surface area (Å²) in [4.78, 5) is 3.99. The molecule has 2 unspecified atom stereocenters. The fraction of sp³-hybridized carbons (Fsp3) is 0.444. The van der Waals surface area contributed by atoms with E-state index in [0.717, 1.165) is 5.56 Å². The Balaban J connectivity index is 2.94. The highest BCUT2D eigenvalue weighted by atomic mass is 16.5. The first-order valence-corrected chi connectivity index (χ1v) is 4.40. The van der Waals surface area contributed by atoms with Gasteiger partial charge in [0.1, 0.15) is 5.82 Å². The van der Waals surface area contributed by atoms with Crippen LogP contribution < -0.4 is 17.0 Å². The maximum absolute atomic E-state index is 5.73. The molecule has 5 N–H and O–H groups in total. The number of ether oxygens (including phenoxy) is 1. The Kier molecular flexibility index (Phi) is 3.82. The number of hydrazine groups is 1. The van der Waals surface area contributed by atoms with E-state index in [9.17, 15) is 0 Å². The first-order valence-electron chi connectivity index (χ1n) is 4.40. The Bertz CT molecular complexity index is 292. The van der Waals surface area contributed by atoms with Crippen LogP contribution in [-0.4, -0.2) is 18.2 Å². The average Bonchev–Trinajstić information content (AvgIpc) is 2.21. The number of anilines is 1. The van der Waals surface area contributed by atoms with Gasteiger partial charge in [0, 0.05) is 18.9 Å². The van der Waals surface area contributed by atoms with E-state index in [2.05, 4.69) is 10.4 Å². The topological polar surface area (TPSA) is 86.2 Å². The number of nitrogens with zero attached hydrogens (tertiary/aromatic N) is 1. The number of nitrogens with one attached hydrogen (secondary N) is 1. The molecule has 0 amide bonds. The number of hydrogen-bond donors (Lipinski definition) is 3. The third-order valence-electron chi connectivity index (χ3n) is 2.23. The van der Waals surface area contributed by atoms with Gasteiger partial charge < -0.3 is 10.5 Å². The smallest absolute Gasteiger partial charge is 0.128 e. The van der Waals surface area contributed by atoms with Gasteiger partial charge in [0.25, 0.3) is 0 Å². The van der Waals surface area contributed by atoms with Crippen LogP contribution in [0.3, 0.4) is 0 Å². The number of methoxy groups -OCH3 is 1. The summed E-state index contributed by atoms with van der Waals surface area (Å²) >= 11 is 0. The Morgan fingerprint density at radius 3 is 2.79 bits per heavy atom. The molecule has 0 saturated carbocycles. The quantitative estimate of drug-likeness (QED) is 0.473. The van der Waals surface area contributed by atoms with Crippen LogP contribution in [0.25, 0.3) is 0 Å². The minimum absolute atomic E-state index is 0.0634. The van der Waals surface area contributed by atoms with Crippen molar-refractivity contribution in [2.24, 2.45) is 5.84 Å². The zero-order valence-corrected chi connectivity index (χ0v) is 8.40. The Hall–Kier alpha value is -1.17. The lowest BCUT2D eigenvalue weighted by atomic mass is 10.0. The summed E-state index contributed by atoms with van der Waals surface area (Å²) in [6.45, 7) is 1.91. The Morgan fingerprint density at radius 1 is 1.57 bits per heavy atom. The fourth-order valence-electron chi connectivity index (χ4n) is 1.31. The molecular weight excluding hydrogens is 180 g/mol. The maximum atomic E-state index is 5.73. The van der Waals surface area contributed by atoms with Gasteiger partial charge in [-0.3, -0.25) is 11.3 Å². The van der Waals surface area contributed by atoms with Crippen molar-refractivity contribution in [1.29, 1.82) is 0 Å². The molecule has 78 valence electrons. The van der Waals surface area contributed by atoms with E-state index in [1.807, 2.05) is 19.1 Å². The molecule has 0 fully saturated rings. The van der Waals surface area contributed by atoms with Gasteiger partial charge in [-0.05, 0) is 13.0 Å². The van der Waals surface area contributed by atoms with Crippen molar-refractivity contribution in [3.05, 3.63) is 23.9 Å². The molecule has 2 atom stereocenters. The first-order chi connectivity index (χ1) is 6.70. The highest BCUT2D eigenvalue weighted by molar-refractivity contribution is 5.41. The van der Waals surface area contributed by atoms with Crippen LogP contribution in [0.1, 0.15) is 18.5 Å².